The fourth-order valence-electron chi connectivity index (χ4n) is 1.26. The van der Waals surface area contributed by atoms with Crippen molar-refractivity contribution in [2.45, 2.75) is 26.8 Å². The molecule has 88 valence electrons. The minimum Gasteiger partial charge on any atom is -0.389 e. The molecule has 1 aromatic carbocycles. The summed E-state index contributed by atoms with van der Waals surface area (Å²) in [7, 11) is 0. The Hall–Kier alpha value is -0.800. The van der Waals surface area contributed by atoms with Crippen LogP contribution in [0.2, 0.25) is 5.02 Å². The number of benzene rings is 1. The van der Waals surface area contributed by atoms with Gasteiger partial charge in [-0.15, -0.1) is 0 Å². The van der Waals surface area contributed by atoms with Crippen LogP contribution in [0.25, 0.3) is 0 Å². The molecule has 0 aliphatic carbocycles. The van der Waals surface area contributed by atoms with Crippen LogP contribution in [0.15, 0.2) is 18.2 Å². The number of halogens is 1. The zero-order chi connectivity index (χ0) is 12.3. The zero-order valence-electron chi connectivity index (χ0n) is 9.75. The second kappa shape index (κ2) is 5.51. The molecular weight excluding hydrogens is 240 g/mol. The maximum atomic E-state index is 5.96. The molecule has 0 radical (unpaired) electrons. The Balaban J connectivity index is 3.01. The Morgan fingerprint density at radius 1 is 1.38 bits per heavy atom. The van der Waals surface area contributed by atoms with Crippen molar-refractivity contribution in [3.8, 4) is 0 Å². The fourth-order valence-corrected chi connectivity index (χ4v) is 1.61. The molecule has 4 heteroatoms. The molecule has 0 fully saturated rings. The first-order valence-electron chi connectivity index (χ1n) is 5.27. The summed E-state index contributed by atoms with van der Waals surface area (Å²) in [5.74, 6) is 0.526. The minimum absolute atomic E-state index is 0.339. The molecular formula is C12H17ClN2S. The quantitative estimate of drug-likeness (QED) is 0.811. The van der Waals surface area contributed by atoms with Crippen molar-refractivity contribution in [3.63, 3.8) is 0 Å². The van der Waals surface area contributed by atoms with Crippen molar-refractivity contribution < 1.29 is 0 Å². The summed E-state index contributed by atoms with van der Waals surface area (Å²) in [4.78, 5) is 0.384. The van der Waals surface area contributed by atoms with E-state index in [1.165, 1.54) is 0 Å². The lowest BCUT2D eigenvalue weighted by molar-refractivity contribution is 0.560. The summed E-state index contributed by atoms with van der Waals surface area (Å²) in [6, 6.07) is 5.84. The molecule has 1 atom stereocenters. The van der Waals surface area contributed by atoms with Crippen molar-refractivity contribution in [2.75, 3.05) is 5.32 Å². The smallest absolute Gasteiger partial charge is 0.106 e. The summed E-state index contributed by atoms with van der Waals surface area (Å²) in [5, 5.41) is 4.06. The van der Waals surface area contributed by atoms with E-state index in [1.54, 1.807) is 6.07 Å². The van der Waals surface area contributed by atoms with Crippen LogP contribution in [0.1, 0.15) is 26.3 Å². The van der Waals surface area contributed by atoms with Crippen LogP contribution in [0, 0.1) is 5.92 Å². The van der Waals surface area contributed by atoms with Gasteiger partial charge in [-0.05, 0) is 31.0 Å². The number of thiocarbonyl (C=S) groups is 1. The molecule has 0 heterocycles. The molecule has 1 unspecified atom stereocenters. The molecule has 1 rings (SSSR count). The van der Waals surface area contributed by atoms with E-state index in [0.29, 0.717) is 22.0 Å². The first-order chi connectivity index (χ1) is 7.41. The Labute approximate surface area is 107 Å². The van der Waals surface area contributed by atoms with Crippen molar-refractivity contribution in [2.24, 2.45) is 11.7 Å². The van der Waals surface area contributed by atoms with Crippen LogP contribution >= 0.6 is 23.8 Å². The highest BCUT2D eigenvalue weighted by atomic mass is 35.5. The maximum Gasteiger partial charge on any atom is 0.106 e. The fraction of sp³-hybridized carbons (Fsp3) is 0.417. The van der Waals surface area contributed by atoms with E-state index in [-0.39, 0.29) is 0 Å². The molecule has 16 heavy (non-hydrogen) atoms. The van der Waals surface area contributed by atoms with Gasteiger partial charge in [0.25, 0.3) is 0 Å². The Bertz CT molecular complexity index is 391. The van der Waals surface area contributed by atoms with Gasteiger partial charge < -0.3 is 11.1 Å². The highest BCUT2D eigenvalue weighted by Gasteiger charge is 2.11. The molecule has 2 nitrogen and oxygen atoms in total. The van der Waals surface area contributed by atoms with Crippen molar-refractivity contribution in [1.82, 2.24) is 0 Å². The van der Waals surface area contributed by atoms with Gasteiger partial charge in [0.2, 0.25) is 0 Å². The second-order valence-corrected chi connectivity index (χ2v) is 5.11. The normalized spacial score (nSPS) is 12.6. The molecule has 0 bridgehead atoms. The summed E-state index contributed by atoms with van der Waals surface area (Å²) in [6.07, 6.45) is 0. The average Bonchev–Trinajstić information content (AvgIpc) is 2.16. The summed E-state index contributed by atoms with van der Waals surface area (Å²) in [6.45, 7) is 6.43. The van der Waals surface area contributed by atoms with E-state index in [2.05, 4.69) is 26.1 Å². The zero-order valence-corrected chi connectivity index (χ0v) is 11.3. The van der Waals surface area contributed by atoms with Crippen LogP contribution in [0.3, 0.4) is 0 Å². The number of nitrogens with two attached hydrogens (primary N) is 1. The lowest BCUT2D eigenvalue weighted by Crippen LogP contribution is -2.23. The third-order valence-corrected chi connectivity index (χ3v) is 3.09. The van der Waals surface area contributed by atoms with Gasteiger partial charge in [-0.1, -0.05) is 37.7 Å². The van der Waals surface area contributed by atoms with Gasteiger partial charge in [0.15, 0.2) is 0 Å². The second-order valence-electron chi connectivity index (χ2n) is 4.23. The molecule has 0 spiro atoms. The van der Waals surface area contributed by atoms with E-state index in [0.717, 1.165) is 11.3 Å². The van der Waals surface area contributed by atoms with Gasteiger partial charge in [-0.3, -0.25) is 0 Å². The van der Waals surface area contributed by atoms with Crippen molar-refractivity contribution in [1.29, 1.82) is 0 Å². The minimum atomic E-state index is 0.339. The van der Waals surface area contributed by atoms with Crippen molar-refractivity contribution in [3.05, 3.63) is 28.8 Å². The van der Waals surface area contributed by atoms with Gasteiger partial charge >= 0.3 is 0 Å². The Kier molecular flexibility index (Phi) is 4.56. The lowest BCUT2D eigenvalue weighted by atomic mass is 10.1. The van der Waals surface area contributed by atoms with Gasteiger partial charge in [0.1, 0.15) is 4.99 Å². The summed E-state index contributed by atoms with van der Waals surface area (Å²) < 4.78 is 0. The number of hydrogen-bond acceptors (Lipinski definition) is 2. The highest BCUT2D eigenvalue weighted by Crippen LogP contribution is 2.23. The first-order valence-corrected chi connectivity index (χ1v) is 6.06. The van der Waals surface area contributed by atoms with E-state index >= 15 is 0 Å². The number of anilines is 1. The largest absolute Gasteiger partial charge is 0.389 e. The Morgan fingerprint density at radius 2 is 2.00 bits per heavy atom. The maximum absolute atomic E-state index is 5.96. The first kappa shape index (κ1) is 13.3. The average molecular weight is 257 g/mol. The molecule has 0 amide bonds. The number of nitrogens with one attached hydrogen (secondary N) is 1. The SMILES string of the molecule is CC(C)C(C)Nc1cc(Cl)ccc1C(N)=S. The van der Waals surface area contributed by atoms with Gasteiger partial charge in [-0.2, -0.15) is 0 Å². The van der Waals surface area contributed by atoms with Crippen LogP contribution in [0.4, 0.5) is 5.69 Å². The molecule has 0 aliphatic rings. The topological polar surface area (TPSA) is 38.0 Å². The molecule has 3 N–H and O–H groups in total. The summed E-state index contributed by atoms with van der Waals surface area (Å²) >= 11 is 11.0. The van der Waals surface area contributed by atoms with Gasteiger partial charge in [0, 0.05) is 22.3 Å². The van der Waals surface area contributed by atoms with E-state index in [1.807, 2.05) is 12.1 Å². The monoisotopic (exact) mass is 256 g/mol. The number of rotatable bonds is 4. The van der Waals surface area contributed by atoms with Gasteiger partial charge in [-0.25, -0.2) is 0 Å². The standard InChI is InChI=1S/C12H17ClN2S/c1-7(2)8(3)15-11-6-9(13)4-5-10(11)12(14)16/h4-8,15H,1-3H3,(H2,14,16). The van der Waals surface area contributed by atoms with E-state index in [9.17, 15) is 0 Å². The van der Waals surface area contributed by atoms with E-state index in [4.69, 9.17) is 29.6 Å². The molecule has 0 aliphatic heterocycles. The summed E-state index contributed by atoms with van der Waals surface area (Å²) in [5.41, 5.74) is 7.41. The van der Waals surface area contributed by atoms with E-state index < -0.39 is 0 Å². The predicted octanol–water partition coefficient (Wildman–Crippen LogP) is 3.43. The molecule has 0 saturated carbocycles. The Morgan fingerprint density at radius 3 is 2.50 bits per heavy atom. The van der Waals surface area contributed by atoms with Crippen LogP contribution < -0.4 is 11.1 Å². The van der Waals surface area contributed by atoms with Crippen molar-refractivity contribution >= 4 is 34.5 Å². The van der Waals surface area contributed by atoms with Crippen LogP contribution in [0.5, 0.6) is 0 Å². The third kappa shape index (κ3) is 3.35. The van der Waals surface area contributed by atoms with Crippen LogP contribution in [-0.2, 0) is 0 Å². The van der Waals surface area contributed by atoms with Crippen LogP contribution in [-0.4, -0.2) is 11.0 Å². The van der Waals surface area contributed by atoms with Gasteiger partial charge in [0.05, 0.1) is 0 Å². The third-order valence-electron chi connectivity index (χ3n) is 2.63. The highest BCUT2D eigenvalue weighted by molar-refractivity contribution is 7.80. The predicted molar refractivity (Wildman–Crippen MR) is 75.3 cm³/mol. The molecule has 0 aromatic heterocycles. The number of hydrogen-bond donors (Lipinski definition) is 2. The molecule has 1 aromatic rings. The molecule has 0 saturated heterocycles. The lowest BCUT2D eigenvalue weighted by Gasteiger charge is -2.21.